The van der Waals surface area contributed by atoms with E-state index in [1.807, 2.05) is 28.8 Å². The second-order valence-electron chi connectivity index (χ2n) is 3.38. The van der Waals surface area contributed by atoms with E-state index in [2.05, 4.69) is 16.5 Å². The van der Waals surface area contributed by atoms with Crippen LogP contribution >= 0.6 is 36.6 Å². The fraction of sp³-hybridized carbons (Fsp3) is 0.400. The second-order valence-corrected chi connectivity index (χ2v) is 4.36. The number of pyridine rings is 1. The van der Waals surface area contributed by atoms with Crippen LogP contribution in [0.3, 0.4) is 0 Å². The number of hydrogen-bond acceptors (Lipinski definition) is 4. The molecular weight excluding hydrogens is 279 g/mol. The van der Waals surface area contributed by atoms with Gasteiger partial charge in [0.2, 0.25) is 0 Å². The molecule has 0 aliphatic carbocycles. The maximum Gasteiger partial charge on any atom is 0.160 e. The number of nitrogens with two attached hydrogens (primary N) is 1. The van der Waals surface area contributed by atoms with Crippen molar-refractivity contribution in [2.45, 2.75) is 12.5 Å². The van der Waals surface area contributed by atoms with Crippen LogP contribution in [0.1, 0.15) is 18.3 Å². The molecule has 4 nitrogen and oxygen atoms in total. The zero-order valence-electron chi connectivity index (χ0n) is 9.44. The van der Waals surface area contributed by atoms with Crippen molar-refractivity contribution in [3.05, 3.63) is 30.2 Å². The summed E-state index contributed by atoms with van der Waals surface area (Å²) in [7, 11) is 0. The molecule has 96 valence electrons. The lowest BCUT2D eigenvalue weighted by Crippen LogP contribution is -2.14. The summed E-state index contributed by atoms with van der Waals surface area (Å²) in [5, 5.41) is 8.20. The van der Waals surface area contributed by atoms with E-state index in [9.17, 15) is 0 Å². The molecule has 2 aromatic rings. The van der Waals surface area contributed by atoms with Gasteiger partial charge in [-0.1, -0.05) is 6.07 Å². The Bertz CT molecular complexity index is 449. The van der Waals surface area contributed by atoms with E-state index < -0.39 is 0 Å². The van der Waals surface area contributed by atoms with Crippen LogP contribution in [0.15, 0.2) is 24.4 Å². The monoisotopic (exact) mass is 294 g/mol. The number of aromatic nitrogens is 3. The highest BCUT2D eigenvalue weighted by molar-refractivity contribution is 7.98. The lowest BCUT2D eigenvalue weighted by molar-refractivity contribution is 0.646. The maximum absolute atomic E-state index is 6.05. The number of fused-ring (bicyclic) bond motifs is 1. The Balaban J connectivity index is 0.00000128. The molecule has 2 rings (SSSR count). The second kappa shape index (κ2) is 7.76. The van der Waals surface area contributed by atoms with Gasteiger partial charge in [-0.2, -0.15) is 11.8 Å². The first-order valence-corrected chi connectivity index (χ1v) is 6.26. The molecule has 2 aromatic heterocycles. The van der Waals surface area contributed by atoms with Crippen LogP contribution in [0, 0.1) is 0 Å². The van der Waals surface area contributed by atoms with Crippen LogP contribution in [0.25, 0.3) is 5.65 Å². The Labute approximate surface area is 117 Å². The molecule has 1 atom stereocenters. The van der Waals surface area contributed by atoms with Crippen molar-refractivity contribution in [3.8, 4) is 0 Å². The Morgan fingerprint density at radius 3 is 2.82 bits per heavy atom. The third-order valence-electron chi connectivity index (χ3n) is 2.30. The van der Waals surface area contributed by atoms with Crippen molar-refractivity contribution in [3.63, 3.8) is 0 Å². The Hall–Kier alpha value is -0.490. The van der Waals surface area contributed by atoms with Gasteiger partial charge < -0.3 is 5.73 Å². The molecular formula is C10H16Cl2N4S. The highest BCUT2D eigenvalue weighted by Crippen LogP contribution is 2.14. The van der Waals surface area contributed by atoms with Gasteiger partial charge in [-0.3, -0.25) is 4.40 Å². The van der Waals surface area contributed by atoms with E-state index in [-0.39, 0.29) is 30.9 Å². The molecule has 0 aliphatic rings. The summed E-state index contributed by atoms with van der Waals surface area (Å²) < 4.78 is 1.95. The fourth-order valence-corrected chi connectivity index (χ4v) is 1.98. The first-order chi connectivity index (χ1) is 7.33. The summed E-state index contributed by atoms with van der Waals surface area (Å²) in [5.74, 6) is 1.89. The predicted octanol–water partition coefficient (Wildman–Crippen LogP) is 2.33. The van der Waals surface area contributed by atoms with E-state index in [0.717, 1.165) is 23.6 Å². The van der Waals surface area contributed by atoms with Crippen molar-refractivity contribution >= 4 is 42.2 Å². The zero-order valence-corrected chi connectivity index (χ0v) is 11.9. The normalized spacial score (nSPS) is 11.6. The van der Waals surface area contributed by atoms with Crippen LogP contribution in [0.2, 0.25) is 0 Å². The molecule has 2 heterocycles. The molecule has 0 saturated heterocycles. The van der Waals surface area contributed by atoms with Crippen molar-refractivity contribution < 1.29 is 0 Å². The third kappa shape index (κ3) is 3.74. The van der Waals surface area contributed by atoms with E-state index in [1.165, 1.54) is 0 Å². The van der Waals surface area contributed by atoms with Crippen LogP contribution in [0.4, 0.5) is 0 Å². The first kappa shape index (κ1) is 16.5. The first-order valence-electron chi connectivity index (χ1n) is 4.87. The van der Waals surface area contributed by atoms with Crippen molar-refractivity contribution in [1.29, 1.82) is 0 Å². The molecule has 0 radical (unpaired) electrons. The van der Waals surface area contributed by atoms with Gasteiger partial charge in [0, 0.05) is 6.20 Å². The highest BCUT2D eigenvalue weighted by Gasteiger charge is 2.12. The van der Waals surface area contributed by atoms with E-state index in [4.69, 9.17) is 5.73 Å². The molecule has 2 N–H and O–H groups in total. The number of nitrogens with zero attached hydrogens (tertiary/aromatic N) is 3. The van der Waals surface area contributed by atoms with Crippen molar-refractivity contribution in [2.75, 3.05) is 12.0 Å². The fourth-order valence-electron chi connectivity index (χ4n) is 1.49. The summed E-state index contributed by atoms with van der Waals surface area (Å²) in [6.45, 7) is 0. The molecule has 0 aromatic carbocycles. The molecule has 0 spiro atoms. The smallest absolute Gasteiger partial charge is 0.160 e. The third-order valence-corrected chi connectivity index (χ3v) is 2.95. The van der Waals surface area contributed by atoms with Gasteiger partial charge in [0.1, 0.15) is 0 Å². The van der Waals surface area contributed by atoms with E-state index in [1.54, 1.807) is 11.8 Å². The topological polar surface area (TPSA) is 56.2 Å². The zero-order chi connectivity index (χ0) is 10.7. The van der Waals surface area contributed by atoms with Crippen molar-refractivity contribution in [2.24, 2.45) is 5.73 Å². The Morgan fingerprint density at radius 2 is 2.12 bits per heavy atom. The van der Waals surface area contributed by atoms with Gasteiger partial charge in [-0.05, 0) is 30.6 Å². The van der Waals surface area contributed by atoms with Crippen LogP contribution in [0.5, 0.6) is 0 Å². The molecule has 0 amide bonds. The van der Waals surface area contributed by atoms with E-state index >= 15 is 0 Å². The molecule has 7 heteroatoms. The number of rotatable bonds is 4. The van der Waals surface area contributed by atoms with Crippen LogP contribution in [-0.2, 0) is 0 Å². The molecule has 1 unspecified atom stereocenters. The van der Waals surface area contributed by atoms with Crippen LogP contribution < -0.4 is 5.73 Å². The minimum absolute atomic E-state index is 0. The minimum atomic E-state index is -0.0325. The largest absolute Gasteiger partial charge is 0.321 e. The summed E-state index contributed by atoms with van der Waals surface area (Å²) in [6.07, 6.45) is 4.95. The summed E-state index contributed by atoms with van der Waals surface area (Å²) in [5.41, 5.74) is 6.91. The lowest BCUT2D eigenvalue weighted by atomic mass is 10.2. The van der Waals surface area contributed by atoms with Crippen LogP contribution in [-0.4, -0.2) is 26.6 Å². The average Bonchev–Trinajstić information content (AvgIpc) is 2.69. The molecule has 0 aliphatic heterocycles. The molecule has 0 bridgehead atoms. The van der Waals surface area contributed by atoms with Gasteiger partial charge >= 0.3 is 0 Å². The Morgan fingerprint density at radius 1 is 1.35 bits per heavy atom. The predicted molar refractivity (Wildman–Crippen MR) is 77.4 cm³/mol. The summed E-state index contributed by atoms with van der Waals surface area (Å²) >= 11 is 1.80. The van der Waals surface area contributed by atoms with Crippen molar-refractivity contribution in [1.82, 2.24) is 14.6 Å². The minimum Gasteiger partial charge on any atom is -0.321 e. The SMILES string of the molecule is CSCCC(N)c1nnc2ccccn12.Cl.Cl. The van der Waals surface area contributed by atoms with E-state index in [0.29, 0.717) is 0 Å². The number of thioether (sulfide) groups is 1. The number of halogens is 2. The molecule has 0 saturated carbocycles. The van der Waals surface area contributed by atoms with Gasteiger partial charge in [0.05, 0.1) is 6.04 Å². The Kier molecular flexibility index (Phi) is 7.54. The highest BCUT2D eigenvalue weighted by atomic mass is 35.5. The average molecular weight is 295 g/mol. The maximum atomic E-state index is 6.05. The molecule has 0 fully saturated rings. The standard InChI is InChI=1S/C10H14N4S.2ClH/c1-15-7-5-8(11)10-13-12-9-4-2-3-6-14(9)10;;/h2-4,6,8H,5,7,11H2,1H3;2*1H. The van der Waals surface area contributed by atoms with Gasteiger partial charge in [-0.15, -0.1) is 35.0 Å². The summed E-state index contributed by atoms with van der Waals surface area (Å²) in [4.78, 5) is 0. The quantitative estimate of drug-likeness (QED) is 0.940. The van der Waals surface area contributed by atoms with Gasteiger partial charge in [-0.25, -0.2) is 0 Å². The van der Waals surface area contributed by atoms with Gasteiger partial charge in [0.15, 0.2) is 11.5 Å². The summed E-state index contributed by atoms with van der Waals surface area (Å²) in [6, 6.07) is 5.80. The molecule has 17 heavy (non-hydrogen) atoms. The number of hydrogen-bond donors (Lipinski definition) is 1. The van der Waals surface area contributed by atoms with Gasteiger partial charge in [0.25, 0.3) is 0 Å². The lowest BCUT2D eigenvalue weighted by Gasteiger charge is -2.08.